The molecule has 2 heterocycles. The fourth-order valence-corrected chi connectivity index (χ4v) is 4.85. The molecule has 2 aliphatic rings. The second-order valence-electron chi connectivity index (χ2n) is 9.48. The first-order valence-electron chi connectivity index (χ1n) is 12.5. The van der Waals surface area contributed by atoms with E-state index in [4.69, 9.17) is 33.1 Å². The molecule has 3 amide bonds. The van der Waals surface area contributed by atoms with Crippen LogP contribution in [0, 0.1) is 0 Å². The van der Waals surface area contributed by atoms with Crippen LogP contribution in [0.5, 0.6) is 0 Å². The minimum atomic E-state index is -5.08. The molecule has 2 saturated heterocycles. The summed E-state index contributed by atoms with van der Waals surface area (Å²) in [5.74, 6) is -3.00. The van der Waals surface area contributed by atoms with Crippen LogP contribution in [0.25, 0.3) is 0 Å². The third-order valence-corrected chi connectivity index (χ3v) is 7.16. The number of rotatable bonds is 5. The summed E-state index contributed by atoms with van der Waals surface area (Å²) >= 11 is 12.1. The number of hydrogen-bond acceptors (Lipinski definition) is 6. The number of likely N-dealkylation sites (tertiary alicyclic amines) is 1. The van der Waals surface area contributed by atoms with E-state index in [1.54, 1.807) is 23.1 Å². The van der Waals surface area contributed by atoms with E-state index in [1.165, 1.54) is 12.6 Å². The second-order valence-corrected chi connectivity index (χ2v) is 10.4. The average molecular weight is 620 g/mol. The minimum absolute atomic E-state index is 0.121. The lowest BCUT2D eigenvalue weighted by atomic mass is 10.1. The molecule has 0 saturated carbocycles. The molecule has 2 atom stereocenters. The van der Waals surface area contributed by atoms with Crippen molar-refractivity contribution in [2.24, 2.45) is 0 Å². The average Bonchev–Trinajstić information content (AvgIpc) is 3.31. The van der Waals surface area contributed by atoms with Crippen LogP contribution in [-0.4, -0.2) is 107 Å². The molecule has 224 valence electrons. The van der Waals surface area contributed by atoms with Gasteiger partial charge < -0.3 is 25.7 Å². The third-order valence-electron chi connectivity index (χ3n) is 6.67. The molecule has 41 heavy (non-hydrogen) atoms. The van der Waals surface area contributed by atoms with E-state index < -0.39 is 24.3 Å². The number of aliphatic carboxylic acids is 1. The maximum atomic E-state index is 13.3. The second kappa shape index (κ2) is 14.2. The number of piperazine rings is 1. The zero-order chi connectivity index (χ0) is 30.3. The van der Waals surface area contributed by atoms with Crippen molar-refractivity contribution in [1.82, 2.24) is 20.0 Å². The number of halogens is 5. The van der Waals surface area contributed by atoms with Gasteiger partial charge in [0.2, 0.25) is 0 Å². The predicted molar refractivity (Wildman–Crippen MR) is 147 cm³/mol. The number of aliphatic hydroxyl groups excluding tert-OH is 1. The van der Waals surface area contributed by atoms with Crippen molar-refractivity contribution in [2.45, 2.75) is 24.9 Å². The van der Waals surface area contributed by atoms with E-state index in [1.807, 2.05) is 24.3 Å². The zero-order valence-corrected chi connectivity index (χ0v) is 23.5. The number of anilines is 1. The number of carboxylic acid groups (broad SMARTS) is 1. The SMILES string of the molecule is CNC(=O)Nc1cc(Cl)ccc1C(=O)N1C[C@H](O)[C@@H](N2CCN(Cc3ccc(Cl)cc3)CC2)C1.O=C(O)C(F)(F)F. The van der Waals surface area contributed by atoms with Gasteiger partial charge in [0, 0.05) is 62.9 Å². The van der Waals surface area contributed by atoms with Gasteiger partial charge in [-0.15, -0.1) is 0 Å². The number of nitrogens with one attached hydrogen (secondary N) is 2. The molecule has 15 heteroatoms. The Morgan fingerprint density at radius 2 is 1.56 bits per heavy atom. The quantitative estimate of drug-likeness (QED) is 0.404. The van der Waals surface area contributed by atoms with Crippen molar-refractivity contribution in [3.63, 3.8) is 0 Å². The van der Waals surface area contributed by atoms with Gasteiger partial charge in [-0.05, 0) is 35.9 Å². The number of carboxylic acids is 1. The number of carbonyl (C=O) groups is 3. The van der Waals surface area contributed by atoms with Crippen molar-refractivity contribution >= 4 is 46.8 Å². The first-order valence-corrected chi connectivity index (χ1v) is 13.3. The smallest absolute Gasteiger partial charge is 0.475 e. The van der Waals surface area contributed by atoms with Gasteiger partial charge in [0.05, 0.1) is 23.4 Å². The van der Waals surface area contributed by atoms with Gasteiger partial charge in [0.25, 0.3) is 5.91 Å². The third kappa shape index (κ3) is 9.20. The Morgan fingerprint density at radius 3 is 2.12 bits per heavy atom. The Morgan fingerprint density at radius 1 is 0.976 bits per heavy atom. The molecular weight excluding hydrogens is 590 g/mol. The number of alkyl halides is 3. The topological polar surface area (TPSA) is 125 Å². The highest BCUT2D eigenvalue weighted by Gasteiger charge is 2.39. The number of urea groups is 1. The standard InChI is InChI=1S/C24H29Cl2N5O3.C2HF3O2/c1-27-24(34)28-20-12-18(26)6-7-19(20)23(33)31-14-21(22(32)15-31)30-10-8-29(9-11-30)13-16-2-4-17(25)5-3-16;3-2(4,5)1(6)7/h2-7,12,21-22,32H,8-11,13-15H2,1H3,(H2,27,28,34);(H,6,7)/t21-,22-;/m0./s1. The van der Waals surface area contributed by atoms with Gasteiger partial charge >= 0.3 is 18.2 Å². The lowest BCUT2D eigenvalue weighted by Crippen LogP contribution is -2.53. The van der Waals surface area contributed by atoms with Gasteiger partial charge in [0.1, 0.15) is 0 Å². The number of β-amino-alcohol motifs (C(OH)–C–C–N with tert-alkyl or cyclic N) is 1. The fourth-order valence-electron chi connectivity index (χ4n) is 4.56. The molecule has 0 radical (unpaired) electrons. The number of amides is 3. The van der Waals surface area contributed by atoms with Gasteiger partial charge in [-0.2, -0.15) is 13.2 Å². The number of benzene rings is 2. The van der Waals surface area contributed by atoms with Crippen LogP contribution in [0.2, 0.25) is 10.0 Å². The molecule has 2 aromatic rings. The number of hydrogen-bond donors (Lipinski definition) is 4. The van der Waals surface area contributed by atoms with Crippen LogP contribution in [0.4, 0.5) is 23.7 Å². The van der Waals surface area contributed by atoms with E-state index in [0.717, 1.165) is 37.7 Å². The summed E-state index contributed by atoms with van der Waals surface area (Å²) in [7, 11) is 1.50. The van der Waals surface area contributed by atoms with Gasteiger partial charge in [-0.3, -0.25) is 14.6 Å². The van der Waals surface area contributed by atoms with Crippen LogP contribution in [-0.2, 0) is 11.3 Å². The van der Waals surface area contributed by atoms with E-state index in [2.05, 4.69) is 20.4 Å². The van der Waals surface area contributed by atoms with Crippen molar-refractivity contribution < 1.29 is 37.8 Å². The Bertz CT molecular complexity index is 1230. The normalized spacial score (nSPS) is 19.7. The first-order chi connectivity index (χ1) is 19.3. The lowest BCUT2D eigenvalue weighted by Gasteiger charge is -2.38. The van der Waals surface area contributed by atoms with Crippen molar-refractivity contribution in [3.05, 3.63) is 63.6 Å². The number of nitrogens with zero attached hydrogens (tertiary/aromatic N) is 3. The van der Waals surface area contributed by atoms with Gasteiger partial charge in [-0.25, -0.2) is 9.59 Å². The van der Waals surface area contributed by atoms with Crippen LogP contribution in [0.1, 0.15) is 15.9 Å². The van der Waals surface area contributed by atoms with Crippen LogP contribution >= 0.6 is 23.2 Å². The molecule has 0 aromatic heterocycles. The molecule has 0 bridgehead atoms. The number of aliphatic hydroxyl groups is 1. The molecule has 0 unspecified atom stereocenters. The van der Waals surface area contributed by atoms with Crippen molar-refractivity contribution in [1.29, 1.82) is 0 Å². The van der Waals surface area contributed by atoms with Crippen molar-refractivity contribution in [2.75, 3.05) is 51.6 Å². The largest absolute Gasteiger partial charge is 0.490 e. The maximum absolute atomic E-state index is 13.3. The lowest BCUT2D eigenvalue weighted by molar-refractivity contribution is -0.192. The molecule has 2 aromatic carbocycles. The molecule has 2 fully saturated rings. The molecule has 0 aliphatic carbocycles. The van der Waals surface area contributed by atoms with Crippen molar-refractivity contribution in [3.8, 4) is 0 Å². The summed E-state index contributed by atoms with van der Waals surface area (Å²) in [5, 5.41) is 24.2. The summed E-state index contributed by atoms with van der Waals surface area (Å²) in [6.45, 7) is 4.95. The summed E-state index contributed by atoms with van der Waals surface area (Å²) in [4.78, 5) is 40.3. The Kier molecular flexibility index (Phi) is 11.2. The summed E-state index contributed by atoms with van der Waals surface area (Å²) in [5.41, 5.74) is 1.90. The highest BCUT2D eigenvalue weighted by molar-refractivity contribution is 6.31. The first kappa shape index (κ1) is 32.4. The molecule has 0 spiro atoms. The Hall–Kier alpha value is -3.10. The number of carbonyl (C=O) groups excluding carboxylic acids is 2. The van der Waals surface area contributed by atoms with Crippen LogP contribution in [0.15, 0.2) is 42.5 Å². The zero-order valence-electron chi connectivity index (χ0n) is 22.0. The van der Waals surface area contributed by atoms with Gasteiger partial charge in [0.15, 0.2) is 0 Å². The maximum Gasteiger partial charge on any atom is 0.490 e. The Balaban J connectivity index is 0.000000587. The summed E-state index contributed by atoms with van der Waals surface area (Å²) in [6.07, 6.45) is -5.71. The highest BCUT2D eigenvalue weighted by Crippen LogP contribution is 2.26. The molecule has 4 rings (SSSR count). The summed E-state index contributed by atoms with van der Waals surface area (Å²) < 4.78 is 31.7. The van der Waals surface area contributed by atoms with E-state index in [9.17, 15) is 27.9 Å². The monoisotopic (exact) mass is 619 g/mol. The van der Waals surface area contributed by atoms with Crippen LogP contribution < -0.4 is 10.6 Å². The molecule has 2 aliphatic heterocycles. The predicted octanol–water partition coefficient (Wildman–Crippen LogP) is 3.38. The molecular formula is C26H30Cl2F3N5O5. The Labute approximate surface area is 244 Å². The molecule has 4 N–H and O–H groups in total. The van der Waals surface area contributed by atoms with E-state index in [-0.39, 0.29) is 18.5 Å². The minimum Gasteiger partial charge on any atom is -0.475 e. The molecule has 10 nitrogen and oxygen atoms in total. The summed E-state index contributed by atoms with van der Waals surface area (Å²) in [6, 6.07) is 12.1. The van der Waals surface area contributed by atoms with E-state index >= 15 is 0 Å². The van der Waals surface area contributed by atoms with Gasteiger partial charge in [-0.1, -0.05) is 35.3 Å². The fraction of sp³-hybridized carbons (Fsp3) is 0.423. The van der Waals surface area contributed by atoms with E-state index in [0.29, 0.717) is 22.8 Å². The highest BCUT2D eigenvalue weighted by atomic mass is 35.5. The van der Waals surface area contributed by atoms with Crippen LogP contribution in [0.3, 0.4) is 0 Å².